The molecule has 2 amide bonds. The van der Waals surface area contributed by atoms with Crippen molar-refractivity contribution in [3.8, 4) is 0 Å². The van der Waals surface area contributed by atoms with Gasteiger partial charge < -0.3 is 0 Å². The normalized spacial score (nSPS) is 17.4. The second kappa shape index (κ2) is 4.26. The zero-order chi connectivity index (χ0) is 11.7. The van der Waals surface area contributed by atoms with E-state index >= 15 is 0 Å². The van der Waals surface area contributed by atoms with Gasteiger partial charge in [0, 0.05) is 23.8 Å². The molecule has 1 aromatic carbocycles. The van der Waals surface area contributed by atoms with E-state index in [1.807, 2.05) is 25.1 Å². The van der Waals surface area contributed by atoms with Crippen molar-refractivity contribution in [2.75, 3.05) is 0 Å². The fourth-order valence-electron chi connectivity index (χ4n) is 1.88. The molecule has 0 aromatic heterocycles. The van der Waals surface area contributed by atoms with Crippen LogP contribution in [0.15, 0.2) is 18.2 Å². The maximum atomic E-state index is 11.2. The summed E-state index contributed by atoms with van der Waals surface area (Å²) in [6, 6.07) is 5.68. The maximum absolute atomic E-state index is 11.2. The highest BCUT2D eigenvalue weighted by Gasteiger charge is 2.26. The standard InChI is InChI=1S/C12H12ClNO2/c1-7-2-3-8(4-10(7)13)9-5-11(15)14-12(16)6-9/h2-4,9H,5-6H2,1H3,(H,14,15,16). The topological polar surface area (TPSA) is 46.2 Å². The van der Waals surface area contributed by atoms with Crippen LogP contribution in [0.1, 0.15) is 29.9 Å². The molecule has 1 aliphatic rings. The van der Waals surface area contributed by atoms with Crippen molar-refractivity contribution in [3.05, 3.63) is 34.3 Å². The first kappa shape index (κ1) is 11.1. The molecule has 1 fully saturated rings. The molecular weight excluding hydrogens is 226 g/mol. The number of piperidine rings is 1. The number of halogens is 1. The third-order valence-electron chi connectivity index (χ3n) is 2.81. The van der Waals surface area contributed by atoms with Crippen LogP contribution in [0.2, 0.25) is 5.02 Å². The lowest BCUT2D eigenvalue weighted by Crippen LogP contribution is -2.37. The molecule has 1 saturated heterocycles. The van der Waals surface area contributed by atoms with Crippen LogP contribution >= 0.6 is 11.6 Å². The minimum absolute atomic E-state index is 0.0423. The van der Waals surface area contributed by atoms with Crippen molar-refractivity contribution in [3.63, 3.8) is 0 Å². The number of imide groups is 1. The molecule has 3 nitrogen and oxygen atoms in total. The van der Waals surface area contributed by atoms with E-state index in [0.29, 0.717) is 17.9 Å². The first-order chi connectivity index (χ1) is 7.56. The Bertz CT molecular complexity index is 440. The molecule has 4 heteroatoms. The predicted octanol–water partition coefficient (Wildman–Crippen LogP) is 2.17. The molecule has 84 valence electrons. The number of benzene rings is 1. The van der Waals surface area contributed by atoms with E-state index in [4.69, 9.17) is 11.6 Å². The van der Waals surface area contributed by atoms with E-state index < -0.39 is 0 Å². The zero-order valence-electron chi connectivity index (χ0n) is 8.92. The lowest BCUT2D eigenvalue weighted by molar-refractivity contribution is -0.133. The van der Waals surface area contributed by atoms with Gasteiger partial charge in [-0.3, -0.25) is 14.9 Å². The fraction of sp³-hybridized carbons (Fsp3) is 0.333. The fourth-order valence-corrected chi connectivity index (χ4v) is 2.07. The average molecular weight is 238 g/mol. The van der Waals surface area contributed by atoms with Gasteiger partial charge in [-0.05, 0) is 24.1 Å². The molecule has 1 aliphatic heterocycles. The van der Waals surface area contributed by atoms with E-state index in [2.05, 4.69) is 5.32 Å². The quantitative estimate of drug-likeness (QED) is 0.761. The van der Waals surface area contributed by atoms with Gasteiger partial charge in [0.25, 0.3) is 0 Å². The smallest absolute Gasteiger partial charge is 0.227 e. The van der Waals surface area contributed by atoms with Crippen molar-refractivity contribution in [2.45, 2.75) is 25.7 Å². The Hall–Kier alpha value is -1.35. The van der Waals surface area contributed by atoms with Crippen molar-refractivity contribution in [2.24, 2.45) is 0 Å². The summed E-state index contributed by atoms with van der Waals surface area (Å²) in [5, 5.41) is 2.97. The molecule has 1 N–H and O–H groups in total. The Morgan fingerprint density at radius 1 is 1.25 bits per heavy atom. The molecule has 0 unspecified atom stereocenters. The predicted molar refractivity (Wildman–Crippen MR) is 61.3 cm³/mol. The van der Waals surface area contributed by atoms with Crippen LogP contribution in [0.3, 0.4) is 0 Å². The summed E-state index contributed by atoms with van der Waals surface area (Å²) in [5.74, 6) is -0.463. The molecule has 0 atom stereocenters. The van der Waals surface area contributed by atoms with Gasteiger partial charge in [-0.1, -0.05) is 23.7 Å². The number of rotatable bonds is 1. The number of nitrogens with one attached hydrogen (secondary N) is 1. The minimum Gasteiger partial charge on any atom is -0.296 e. The molecule has 0 spiro atoms. The number of hydrogen-bond donors (Lipinski definition) is 1. The first-order valence-electron chi connectivity index (χ1n) is 5.15. The van der Waals surface area contributed by atoms with Crippen molar-refractivity contribution in [1.82, 2.24) is 5.32 Å². The second-order valence-electron chi connectivity index (χ2n) is 4.09. The van der Waals surface area contributed by atoms with Gasteiger partial charge in [-0.15, -0.1) is 0 Å². The molecule has 0 bridgehead atoms. The Balaban J connectivity index is 2.26. The Morgan fingerprint density at radius 3 is 2.44 bits per heavy atom. The number of carbonyl (C=O) groups is 2. The van der Waals surface area contributed by atoms with Crippen LogP contribution in [-0.2, 0) is 9.59 Å². The van der Waals surface area contributed by atoms with Crippen LogP contribution in [0.25, 0.3) is 0 Å². The monoisotopic (exact) mass is 237 g/mol. The summed E-state index contributed by atoms with van der Waals surface area (Å²) in [7, 11) is 0. The average Bonchev–Trinajstić information content (AvgIpc) is 2.20. The van der Waals surface area contributed by atoms with Crippen LogP contribution in [-0.4, -0.2) is 11.8 Å². The van der Waals surface area contributed by atoms with E-state index in [9.17, 15) is 9.59 Å². The number of aryl methyl sites for hydroxylation is 1. The lowest BCUT2D eigenvalue weighted by atomic mass is 9.89. The van der Waals surface area contributed by atoms with Gasteiger partial charge in [0.1, 0.15) is 0 Å². The highest BCUT2D eigenvalue weighted by atomic mass is 35.5. The molecule has 0 aliphatic carbocycles. The molecule has 1 aromatic rings. The Morgan fingerprint density at radius 2 is 1.88 bits per heavy atom. The third kappa shape index (κ3) is 2.25. The summed E-state index contributed by atoms with van der Waals surface area (Å²) >= 11 is 6.02. The zero-order valence-corrected chi connectivity index (χ0v) is 9.67. The third-order valence-corrected chi connectivity index (χ3v) is 3.22. The number of hydrogen-bond acceptors (Lipinski definition) is 2. The maximum Gasteiger partial charge on any atom is 0.227 e. The summed E-state index contributed by atoms with van der Waals surface area (Å²) in [4.78, 5) is 22.5. The molecule has 0 radical (unpaired) electrons. The van der Waals surface area contributed by atoms with Gasteiger partial charge in [0.15, 0.2) is 0 Å². The molecule has 0 saturated carbocycles. The number of amides is 2. The lowest BCUT2D eigenvalue weighted by Gasteiger charge is -2.21. The van der Waals surface area contributed by atoms with Crippen LogP contribution in [0.4, 0.5) is 0 Å². The van der Waals surface area contributed by atoms with Crippen LogP contribution < -0.4 is 5.32 Å². The molecular formula is C12H12ClNO2. The second-order valence-corrected chi connectivity index (χ2v) is 4.49. The summed E-state index contributed by atoms with van der Waals surface area (Å²) in [6.45, 7) is 1.92. The van der Waals surface area contributed by atoms with E-state index in [1.165, 1.54) is 0 Å². The summed E-state index contributed by atoms with van der Waals surface area (Å²) in [6.07, 6.45) is 0.705. The van der Waals surface area contributed by atoms with E-state index in [1.54, 1.807) is 0 Å². The first-order valence-corrected chi connectivity index (χ1v) is 5.53. The summed E-state index contributed by atoms with van der Waals surface area (Å²) < 4.78 is 0. The Labute approximate surface area is 98.8 Å². The van der Waals surface area contributed by atoms with Crippen molar-refractivity contribution < 1.29 is 9.59 Å². The van der Waals surface area contributed by atoms with Crippen molar-refractivity contribution >= 4 is 23.4 Å². The molecule has 2 rings (SSSR count). The molecule has 1 heterocycles. The Kier molecular flexibility index (Phi) is 2.97. The largest absolute Gasteiger partial charge is 0.296 e. The minimum atomic E-state index is -0.210. The van der Waals surface area contributed by atoms with Gasteiger partial charge in [-0.25, -0.2) is 0 Å². The highest BCUT2D eigenvalue weighted by Crippen LogP contribution is 2.29. The van der Waals surface area contributed by atoms with Gasteiger partial charge in [-0.2, -0.15) is 0 Å². The van der Waals surface area contributed by atoms with Crippen LogP contribution in [0.5, 0.6) is 0 Å². The molecule has 16 heavy (non-hydrogen) atoms. The van der Waals surface area contributed by atoms with Crippen molar-refractivity contribution in [1.29, 1.82) is 0 Å². The summed E-state index contributed by atoms with van der Waals surface area (Å²) in [5.41, 5.74) is 1.95. The van der Waals surface area contributed by atoms with Gasteiger partial charge in [0.05, 0.1) is 0 Å². The SMILES string of the molecule is Cc1ccc(C2CC(=O)NC(=O)C2)cc1Cl. The van der Waals surface area contributed by atoms with E-state index in [0.717, 1.165) is 11.1 Å². The van der Waals surface area contributed by atoms with Gasteiger partial charge >= 0.3 is 0 Å². The van der Waals surface area contributed by atoms with Gasteiger partial charge in [0.2, 0.25) is 11.8 Å². The highest BCUT2D eigenvalue weighted by molar-refractivity contribution is 6.31. The number of carbonyl (C=O) groups excluding carboxylic acids is 2. The van der Waals surface area contributed by atoms with E-state index in [-0.39, 0.29) is 17.7 Å². The van der Waals surface area contributed by atoms with Crippen LogP contribution in [0, 0.1) is 6.92 Å².